The summed E-state index contributed by atoms with van der Waals surface area (Å²) in [6, 6.07) is 7.12. The molecule has 1 aromatic rings. The van der Waals surface area contributed by atoms with Crippen LogP contribution in [0.1, 0.15) is 23.7 Å². The molecule has 0 aromatic heterocycles. The van der Waals surface area contributed by atoms with Crippen molar-refractivity contribution in [3.05, 3.63) is 29.8 Å². The minimum absolute atomic E-state index is 0.0884. The van der Waals surface area contributed by atoms with Gasteiger partial charge in [0.05, 0.1) is 17.4 Å². The Hall–Kier alpha value is -1.59. The van der Waals surface area contributed by atoms with Gasteiger partial charge in [0.2, 0.25) is 0 Å². The van der Waals surface area contributed by atoms with Crippen LogP contribution in [-0.4, -0.2) is 35.1 Å². The molecule has 1 aliphatic heterocycles. The number of nitrogens with one attached hydrogen (secondary N) is 1. The van der Waals surface area contributed by atoms with E-state index in [-0.39, 0.29) is 11.8 Å². The van der Waals surface area contributed by atoms with Gasteiger partial charge in [-0.3, -0.25) is 10.6 Å². The molecule has 1 aromatic carbocycles. The normalized spacial score (nSPS) is 23.8. The van der Waals surface area contributed by atoms with Crippen LogP contribution >= 0.6 is 0 Å². The number of aliphatic hydroxyl groups is 1. The van der Waals surface area contributed by atoms with Crippen molar-refractivity contribution in [2.45, 2.75) is 19.4 Å². The number of aliphatic hydroxyl groups excluding tert-OH is 1. The zero-order chi connectivity index (χ0) is 13.1. The number of carbonyl (C=O) groups is 1. The van der Waals surface area contributed by atoms with Crippen LogP contribution in [0.2, 0.25) is 0 Å². The molecule has 2 atom stereocenters. The van der Waals surface area contributed by atoms with Gasteiger partial charge in [-0.15, -0.1) is 0 Å². The molecule has 4 N–H and O–H groups in total. The Morgan fingerprint density at radius 2 is 2.22 bits per heavy atom. The highest BCUT2D eigenvalue weighted by Crippen LogP contribution is 2.21. The second-order valence-corrected chi connectivity index (χ2v) is 4.77. The number of anilines is 1. The van der Waals surface area contributed by atoms with Crippen molar-refractivity contribution in [3.63, 3.8) is 0 Å². The average Bonchev–Trinajstić information content (AvgIpc) is 2.41. The summed E-state index contributed by atoms with van der Waals surface area (Å²) in [5, 5.41) is 9.84. The van der Waals surface area contributed by atoms with Crippen molar-refractivity contribution in [1.29, 1.82) is 0 Å². The number of amides is 1. The molecule has 98 valence electrons. The molecule has 5 nitrogen and oxygen atoms in total. The fourth-order valence-electron chi connectivity index (χ4n) is 2.20. The maximum absolute atomic E-state index is 12.4. The molecule has 1 saturated heterocycles. The fraction of sp³-hybridized carbons (Fsp3) is 0.462. The Labute approximate surface area is 107 Å². The summed E-state index contributed by atoms with van der Waals surface area (Å²) in [5.74, 6) is 5.56. The molecule has 1 fully saturated rings. The standard InChI is InChI=1S/C13H19N3O2/c1-9-6-7-16(8-12(9)17)13(18)10-4-2-3-5-11(10)15-14/h2-5,9,12,15,17H,6-8,14H2,1H3. The number of nitrogens with zero attached hydrogens (tertiary/aromatic N) is 1. The van der Waals surface area contributed by atoms with Crippen LogP contribution in [0, 0.1) is 5.92 Å². The van der Waals surface area contributed by atoms with E-state index >= 15 is 0 Å². The molecule has 2 rings (SSSR count). The highest BCUT2D eigenvalue weighted by Gasteiger charge is 2.28. The minimum atomic E-state index is -0.444. The molecule has 0 saturated carbocycles. The maximum Gasteiger partial charge on any atom is 0.256 e. The predicted octanol–water partition coefficient (Wildman–Crippen LogP) is 0.815. The minimum Gasteiger partial charge on any atom is -0.391 e. The van der Waals surface area contributed by atoms with Crippen LogP contribution in [0.4, 0.5) is 5.69 Å². The maximum atomic E-state index is 12.4. The van der Waals surface area contributed by atoms with Crippen LogP contribution in [-0.2, 0) is 0 Å². The van der Waals surface area contributed by atoms with Gasteiger partial charge in [-0.05, 0) is 24.5 Å². The third-order valence-electron chi connectivity index (χ3n) is 3.52. The van der Waals surface area contributed by atoms with E-state index in [9.17, 15) is 9.90 Å². The Balaban J connectivity index is 2.16. The smallest absolute Gasteiger partial charge is 0.256 e. The number of hydrogen-bond acceptors (Lipinski definition) is 4. The molecule has 1 aliphatic rings. The van der Waals surface area contributed by atoms with Crippen LogP contribution in [0.5, 0.6) is 0 Å². The summed E-state index contributed by atoms with van der Waals surface area (Å²) < 4.78 is 0. The highest BCUT2D eigenvalue weighted by molar-refractivity contribution is 5.99. The van der Waals surface area contributed by atoms with Crippen molar-refractivity contribution in [1.82, 2.24) is 4.90 Å². The number of nitrogen functional groups attached to an aromatic ring is 1. The number of carbonyl (C=O) groups excluding carboxylic acids is 1. The first-order valence-corrected chi connectivity index (χ1v) is 6.16. The number of rotatable bonds is 2. The van der Waals surface area contributed by atoms with Gasteiger partial charge in [0.1, 0.15) is 0 Å². The third-order valence-corrected chi connectivity index (χ3v) is 3.52. The third kappa shape index (κ3) is 2.47. The van der Waals surface area contributed by atoms with E-state index in [4.69, 9.17) is 5.84 Å². The molecule has 5 heteroatoms. The van der Waals surface area contributed by atoms with Gasteiger partial charge in [-0.25, -0.2) is 0 Å². The summed E-state index contributed by atoms with van der Waals surface area (Å²) in [5.41, 5.74) is 3.68. The van der Waals surface area contributed by atoms with Crippen molar-refractivity contribution < 1.29 is 9.90 Å². The number of hydrogen-bond donors (Lipinski definition) is 3. The van der Waals surface area contributed by atoms with Gasteiger partial charge in [-0.1, -0.05) is 19.1 Å². The lowest BCUT2D eigenvalue weighted by Crippen LogP contribution is -2.46. The zero-order valence-corrected chi connectivity index (χ0v) is 10.5. The van der Waals surface area contributed by atoms with Gasteiger partial charge in [-0.2, -0.15) is 0 Å². The van der Waals surface area contributed by atoms with E-state index in [1.54, 1.807) is 23.1 Å². The predicted molar refractivity (Wildman–Crippen MR) is 69.9 cm³/mol. The van der Waals surface area contributed by atoms with Crippen molar-refractivity contribution in [2.24, 2.45) is 11.8 Å². The lowest BCUT2D eigenvalue weighted by atomic mass is 9.95. The lowest BCUT2D eigenvalue weighted by molar-refractivity contribution is 0.0249. The van der Waals surface area contributed by atoms with Crippen molar-refractivity contribution in [3.8, 4) is 0 Å². The SMILES string of the molecule is CC1CCN(C(=O)c2ccccc2NN)CC1O. The second-order valence-electron chi connectivity index (χ2n) is 4.77. The van der Waals surface area contributed by atoms with Crippen molar-refractivity contribution >= 4 is 11.6 Å². The molecule has 2 unspecified atom stereocenters. The van der Waals surface area contributed by atoms with Crippen molar-refractivity contribution in [2.75, 3.05) is 18.5 Å². The Kier molecular flexibility index (Phi) is 3.84. The second kappa shape index (κ2) is 5.37. The van der Waals surface area contributed by atoms with Gasteiger partial charge in [0, 0.05) is 13.1 Å². The number of hydrazine groups is 1. The molecule has 18 heavy (non-hydrogen) atoms. The van der Waals surface area contributed by atoms with Gasteiger partial charge in [0.25, 0.3) is 5.91 Å². The largest absolute Gasteiger partial charge is 0.391 e. The van der Waals surface area contributed by atoms with E-state index in [1.165, 1.54) is 0 Å². The van der Waals surface area contributed by atoms with Gasteiger partial charge < -0.3 is 15.4 Å². The van der Waals surface area contributed by atoms with E-state index in [0.29, 0.717) is 24.3 Å². The van der Waals surface area contributed by atoms with Crippen LogP contribution in [0.25, 0.3) is 0 Å². The summed E-state index contributed by atoms with van der Waals surface area (Å²) in [7, 11) is 0. The number of β-amino-alcohol motifs (C(OH)–C–C–N with tert-alkyl or cyclic N) is 1. The number of piperidine rings is 1. The van der Waals surface area contributed by atoms with E-state index in [0.717, 1.165) is 6.42 Å². The number of nitrogens with two attached hydrogens (primary N) is 1. The molecule has 0 radical (unpaired) electrons. The number of likely N-dealkylation sites (tertiary alicyclic amines) is 1. The number of para-hydroxylation sites is 1. The van der Waals surface area contributed by atoms with Gasteiger partial charge >= 0.3 is 0 Å². The zero-order valence-electron chi connectivity index (χ0n) is 10.5. The molecule has 0 bridgehead atoms. The Bertz CT molecular complexity index is 436. The van der Waals surface area contributed by atoms with Crippen LogP contribution in [0.3, 0.4) is 0 Å². The van der Waals surface area contributed by atoms with E-state index < -0.39 is 6.10 Å². The van der Waals surface area contributed by atoms with E-state index in [1.807, 2.05) is 13.0 Å². The molecular weight excluding hydrogens is 230 g/mol. The first-order valence-electron chi connectivity index (χ1n) is 6.16. The Morgan fingerprint density at radius 1 is 1.50 bits per heavy atom. The first kappa shape index (κ1) is 12.9. The number of benzene rings is 1. The Morgan fingerprint density at radius 3 is 2.89 bits per heavy atom. The van der Waals surface area contributed by atoms with Crippen LogP contribution < -0.4 is 11.3 Å². The molecular formula is C13H19N3O2. The highest BCUT2D eigenvalue weighted by atomic mass is 16.3. The van der Waals surface area contributed by atoms with E-state index in [2.05, 4.69) is 5.43 Å². The summed E-state index contributed by atoms with van der Waals surface area (Å²) in [6.07, 6.45) is 0.381. The molecule has 1 heterocycles. The lowest BCUT2D eigenvalue weighted by Gasteiger charge is -2.34. The van der Waals surface area contributed by atoms with Crippen LogP contribution in [0.15, 0.2) is 24.3 Å². The molecule has 0 aliphatic carbocycles. The topological polar surface area (TPSA) is 78.6 Å². The summed E-state index contributed by atoms with van der Waals surface area (Å²) in [6.45, 7) is 3.07. The summed E-state index contributed by atoms with van der Waals surface area (Å²) in [4.78, 5) is 14.0. The first-order chi connectivity index (χ1) is 8.63. The quantitative estimate of drug-likeness (QED) is 0.535. The monoisotopic (exact) mass is 249 g/mol. The molecule has 0 spiro atoms. The molecule has 1 amide bonds. The van der Waals surface area contributed by atoms with Gasteiger partial charge in [0.15, 0.2) is 0 Å². The fourth-order valence-corrected chi connectivity index (χ4v) is 2.20. The summed E-state index contributed by atoms with van der Waals surface area (Å²) >= 11 is 0. The average molecular weight is 249 g/mol.